The molecule has 0 aromatic heterocycles. The normalized spacial score (nSPS) is 61.9. The lowest BCUT2D eigenvalue weighted by Gasteiger charge is -2.17. The summed E-state index contributed by atoms with van der Waals surface area (Å²) in [7, 11) is 0. The Labute approximate surface area is 63.4 Å². The Kier molecular flexibility index (Phi) is 0.847. The minimum Gasteiger partial charge on any atom is -0.396 e. The van der Waals surface area contributed by atoms with Crippen molar-refractivity contribution < 1.29 is 13.9 Å². The molecule has 3 heteroatoms. The molecule has 4 bridgehead atoms. The zero-order chi connectivity index (χ0) is 7.80. The van der Waals surface area contributed by atoms with E-state index in [0.717, 1.165) is 0 Å². The summed E-state index contributed by atoms with van der Waals surface area (Å²) in [5.74, 6) is -2.87. The number of hydrogen-bond acceptors (Lipinski definition) is 1. The second-order valence-corrected chi connectivity index (χ2v) is 4.13. The van der Waals surface area contributed by atoms with Gasteiger partial charge in [0, 0.05) is 18.4 Å². The van der Waals surface area contributed by atoms with E-state index in [1.807, 2.05) is 0 Å². The summed E-state index contributed by atoms with van der Waals surface area (Å²) in [5, 5.41) is 8.86. The molecule has 3 unspecified atom stereocenters. The van der Waals surface area contributed by atoms with Gasteiger partial charge in [-0.15, -0.1) is 0 Å². The van der Waals surface area contributed by atoms with E-state index < -0.39 is 11.8 Å². The maximum absolute atomic E-state index is 13.1. The zero-order valence-electron chi connectivity index (χ0n) is 6.00. The van der Waals surface area contributed by atoms with Crippen LogP contribution in [0, 0.1) is 29.6 Å². The van der Waals surface area contributed by atoms with E-state index in [2.05, 4.69) is 0 Å². The molecule has 0 aromatic rings. The van der Waals surface area contributed by atoms with Crippen LogP contribution < -0.4 is 0 Å². The zero-order valence-corrected chi connectivity index (χ0v) is 6.00. The summed E-state index contributed by atoms with van der Waals surface area (Å²) in [6, 6.07) is 0. The molecule has 0 spiro atoms. The Balaban J connectivity index is 2.00. The van der Waals surface area contributed by atoms with Crippen LogP contribution in [0.1, 0.15) is 6.42 Å². The molecular weight excluding hydrogens is 150 g/mol. The van der Waals surface area contributed by atoms with Gasteiger partial charge in [-0.25, -0.2) is 8.78 Å². The van der Waals surface area contributed by atoms with Crippen LogP contribution in [0.5, 0.6) is 0 Å². The number of halogens is 2. The van der Waals surface area contributed by atoms with E-state index in [1.54, 1.807) is 0 Å². The molecule has 0 aliphatic heterocycles. The molecule has 4 saturated carbocycles. The van der Waals surface area contributed by atoms with Crippen molar-refractivity contribution in [3.63, 3.8) is 0 Å². The summed E-state index contributed by atoms with van der Waals surface area (Å²) in [6.45, 7) is -0.0298. The van der Waals surface area contributed by atoms with Crippen molar-refractivity contribution in [2.24, 2.45) is 29.6 Å². The molecule has 4 aliphatic rings. The van der Waals surface area contributed by atoms with Crippen LogP contribution in [0.15, 0.2) is 0 Å². The Bertz CT molecular complexity index is 216. The number of rotatable bonds is 1. The first-order chi connectivity index (χ1) is 5.18. The van der Waals surface area contributed by atoms with Crippen LogP contribution in [0.2, 0.25) is 0 Å². The highest BCUT2D eigenvalue weighted by Crippen LogP contribution is 2.78. The molecule has 0 saturated heterocycles. The molecule has 5 atom stereocenters. The highest BCUT2D eigenvalue weighted by Gasteiger charge is 2.81. The third-order valence-corrected chi connectivity index (χ3v) is 3.92. The summed E-state index contributed by atoms with van der Waals surface area (Å²) in [4.78, 5) is 0. The predicted octanol–water partition coefficient (Wildman–Crippen LogP) is 1.13. The van der Waals surface area contributed by atoms with Crippen LogP contribution in [-0.2, 0) is 0 Å². The Morgan fingerprint density at radius 1 is 1.45 bits per heavy atom. The van der Waals surface area contributed by atoms with Gasteiger partial charge in [0.2, 0.25) is 0 Å². The van der Waals surface area contributed by atoms with Gasteiger partial charge >= 0.3 is 0 Å². The van der Waals surface area contributed by atoms with Crippen LogP contribution in [0.4, 0.5) is 8.78 Å². The second-order valence-electron chi connectivity index (χ2n) is 4.13. The van der Waals surface area contributed by atoms with E-state index in [9.17, 15) is 8.78 Å². The van der Waals surface area contributed by atoms with Crippen LogP contribution in [0.3, 0.4) is 0 Å². The Hall–Kier alpha value is -0.180. The quantitative estimate of drug-likeness (QED) is 0.609. The molecule has 62 valence electrons. The second kappa shape index (κ2) is 1.47. The molecule has 11 heavy (non-hydrogen) atoms. The van der Waals surface area contributed by atoms with Crippen LogP contribution >= 0.6 is 0 Å². The molecule has 0 amide bonds. The fourth-order valence-electron chi connectivity index (χ4n) is 3.50. The van der Waals surface area contributed by atoms with Crippen molar-refractivity contribution in [3.8, 4) is 0 Å². The maximum Gasteiger partial charge on any atom is 0.254 e. The van der Waals surface area contributed by atoms with Crippen LogP contribution in [0.25, 0.3) is 0 Å². The number of alkyl halides is 2. The summed E-state index contributed by atoms with van der Waals surface area (Å²) < 4.78 is 26.3. The minimum atomic E-state index is -2.43. The molecular formula is C8H10F2O. The molecule has 1 N–H and O–H groups in total. The number of hydrogen-bond donors (Lipinski definition) is 1. The molecule has 1 nitrogen and oxygen atoms in total. The molecule has 0 heterocycles. The van der Waals surface area contributed by atoms with Gasteiger partial charge in [-0.3, -0.25) is 0 Å². The first kappa shape index (κ1) is 6.35. The van der Waals surface area contributed by atoms with Gasteiger partial charge in [0.25, 0.3) is 5.92 Å². The Morgan fingerprint density at radius 3 is 2.36 bits per heavy atom. The average Bonchev–Trinajstić information content (AvgIpc) is 2.35. The van der Waals surface area contributed by atoms with Crippen molar-refractivity contribution in [1.82, 2.24) is 0 Å². The Morgan fingerprint density at radius 2 is 2.18 bits per heavy atom. The van der Waals surface area contributed by atoms with Gasteiger partial charge in [-0.05, 0) is 24.2 Å². The van der Waals surface area contributed by atoms with Crippen molar-refractivity contribution in [2.45, 2.75) is 12.3 Å². The van der Waals surface area contributed by atoms with Crippen LogP contribution in [-0.4, -0.2) is 17.6 Å². The van der Waals surface area contributed by atoms with Crippen molar-refractivity contribution in [3.05, 3.63) is 0 Å². The van der Waals surface area contributed by atoms with Gasteiger partial charge in [-0.2, -0.15) is 0 Å². The lowest BCUT2D eigenvalue weighted by atomic mass is 9.98. The lowest BCUT2D eigenvalue weighted by molar-refractivity contribution is -0.0501. The standard InChI is InChI=1S/C8H10F2O/c9-8(10)5-1-3-6(7(3)8)4(5)2-11/h3-7,11H,1-2H2/t3?,4-,5+,6?,7?/m0/s1. The third-order valence-electron chi connectivity index (χ3n) is 3.92. The highest BCUT2D eigenvalue weighted by molar-refractivity contribution is 5.24. The van der Waals surface area contributed by atoms with Gasteiger partial charge in [-0.1, -0.05) is 0 Å². The first-order valence-corrected chi connectivity index (χ1v) is 4.16. The third kappa shape index (κ3) is 0.468. The molecule has 4 aliphatic carbocycles. The fraction of sp³-hybridized carbons (Fsp3) is 1.00. The summed E-state index contributed by atoms with van der Waals surface area (Å²) >= 11 is 0. The van der Waals surface area contributed by atoms with Gasteiger partial charge < -0.3 is 5.11 Å². The van der Waals surface area contributed by atoms with Gasteiger partial charge in [0.1, 0.15) is 0 Å². The maximum atomic E-state index is 13.1. The molecule has 0 aromatic carbocycles. The minimum absolute atomic E-state index is 0.0298. The first-order valence-electron chi connectivity index (χ1n) is 4.16. The monoisotopic (exact) mass is 160 g/mol. The van der Waals surface area contributed by atoms with Crippen molar-refractivity contribution in [1.29, 1.82) is 0 Å². The van der Waals surface area contributed by atoms with E-state index in [0.29, 0.717) is 6.42 Å². The average molecular weight is 160 g/mol. The van der Waals surface area contributed by atoms with E-state index in [1.165, 1.54) is 0 Å². The topological polar surface area (TPSA) is 20.2 Å². The molecule has 0 radical (unpaired) electrons. The SMILES string of the molecule is OC[C@@H]1C2C3C[C@H]1C(F)(F)C32. The largest absolute Gasteiger partial charge is 0.396 e. The van der Waals surface area contributed by atoms with Crippen molar-refractivity contribution >= 4 is 0 Å². The summed E-state index contributed by atoms with van der Waals surface area (Å²) in [6.07, 6.45) is 0.674. The number of aliphatic hydroxyl groups excluding tert-OH is 1. The lowest BCUT2D eigenvalue weighted by Crippen LogP contribution is -2.25. The van der Waals surface area contributed by atoms with Gasteiger partial charge in [0.15, 0.2) is 0 Å². The fourth-order valence-corrected chi connectivity index (χ4v) is 3.50. The number of aliphatic hydroxyl groups is 1. The summed E-state index contributed by atoms with van der Waals surface area (Å²) in [5.41, 5.74) is 0. The van der Waals surface area contributed by atoms with Gasteiger partial charge in [0.05, 0.1) is 0 Å². The van der Waals surface area contributed by atoms with E-state index in [4.69, 9.17) is 5.11 Å². The predicted molar refractivity (Wildman–Crippen MR) is 34.1 cm³/mol. The smallest absolute Gasteiger partial charge is 0.254 e. The van der Waals surface area contributed by atoms with E-state index >= 15 is 0 Å². The van der Waals surface area contributed by atoms with E-state index in [-0.39, 0.29) is 30.3 Å². The molecule has 4 rings (SSSR count). The molecule has 4 fully saturated rings. The highest BCUT2D eigenvalue weighted by atomic mass is 19.3. The van der Waals surface area contributed by atoms with Crippen molar-refractivity contribution in [2.75, 3.05) is 6.61 Å².